The molecule has 1 aromatic rings. The lowest BCUT2D eigenvalue weighted by Crippen LogP contribution is -2.18. The predicted molar refractivity (Wildman–Crippen MR) is 64.8 cm³/mol. The first-order valence-electron chi connectivity index (χ1n) is 6.24. The van der Waals surface area contributed by atoms with Crippen molar-refractivity contribution in [2.45, 2.75) is 44.1 Å². The second kappa shape index (κ2) is 5.50. The van der Waals surface area contributed by atoms with Crippen LogP contribution >= 0.6 is 0 Å². The Morgan fingerprint density at radius 2 is 2.00 bits per heavy atom. The van der Waals surface area contributed by atoms with Crippen LogP contribution in [0, 0.1) is 5.82 Å². The topological polar surface area (TPSA) is 29.5 Å². The molecular formula is C14H19FO2. The summed E-state index contributed by atoms with van der Waals surface area (Å²) >= 11 is 0. The fourth-order valence-electron chi connectivity index (χ4n) is 2.62. The quantitative estimate of drug-likeness (QED) is 0.801. The minimum absolute atomic E-state index is 0.0902. The zero-order valence-electron chi connectivity index (χ0n) is 10.2. The van der Waals surface area contributed by atoms with Gasteiger partial charge in [-0.1, -0.05) is 31.4 Å². The molecule has 1 N–H and O–H groups in total. The Kier molecular flexibility index (Phi) is 4.00. The van der Waals surface area contributed by atoms with E-state index in [0.29, 0.717) is 5.56 Å². The fraction of sp³-hybridized carbons (Fsp3) is 0.571. The molecule has 2 rings (SSSR count). The van der Waals surface area contributed by atoms with Crippen LogP contribution in [0.2, 0.25) is 0 Å². The molecule has 0 radical (unpaired) electrons. The van der Waals surface area contributed by atoms with Crippen LogP contribution in [0.4, 0.5) is 4.39 Å². The first kappa shape index (κ1) is 12.4. The van der Waals surface area contributed by atoms with E-state index in [0.717, 1.165) is 32.1 Å². The summed E-state index contributed by atoms with van der Waals surface area (Å²) in [6.07, 6.45) is 4.40. The molecule has 1 aromatic carbocycles. The maximum atomic E-state index is 14.1. The summed E-state index contributed by atoms with van der Waals surface area (Å²) in [6, 6.07) is 5.16. The highest BCUT2D eigenvalue weighted by molar-refractivity contribution is 5.34. The lowest BCUT2D eigenvalue weighted by molar-refractivity contribution is 0.133. The third-order valence-electron chi connectivity index (χ3n) is 3.59. The maximum Gasteiger partial charge on any atom is 0.168 e. The molecule has 0 saturated heterocycles. The van der Waals surface area contributed by atoms with Crippen LogP contribution in [0.5, 0.6) is 5.75 Å². The van der Waals surface area contributed by atoms with E-state index in [4.69, 9.17) is 4.74 Å². The number of aliphatic hydroxyl groups is 1. The summed E-state index contributed by atoms with van der Waals surface area (Å²) in [6.45, 7) is 0. The van der Waals surface area contributed by atoms with Gasteiger partial charge in [-0.3, -0.25) is 0 Å². The summed E-state index contributed by atoms with van der Waals surface area (Å²) in [7, 11) is 1.46. The highest BCUT2D eigenvalue weighted by Crippen LogP contribution is 2.35. The molecule has 1 fully saturated rings. The molecule has 0 bridgehead atoms. The average molecular weight is 238 g/mol. The van der Waals surface area contributed by atoms with Crippen molar-refractivity contribution < 1.29 is 14.2 Å². The maximum absolute atomic E-state index is 14.1. The fourth-order valence-corrected chi connectivity index (χ4v) is 2.62. The average Bonchev–Trinajstić information content (AvgIpc) is 2.55. The molecule has 2 unspecified atom stereocenters. The van der Waals surface area contributed by atoms with Gasteiger partial charge >= 0.3 is 0 Å². The molecule has 2 atom stereocenters. The number of methoxy groups -OCH3 is 1. The van der Waals surface area contributed by atoms with E-state index in [-0.39, 0.29) is 17.5 Å². The van der Waals surface area contributed by atoms with Crippen molar-refractivity contribution in [1.82, 2.24) is 0 Å². The Morgan fingerprint density at radius 3 is 2.76 bits per heavy atom. The molecule has 1 saturated carbocycles. The number of hydrogen-bond acceptors (Lipinski definition) is 2. The van der Waals surface area contributed by atoms with E-state index in [1.807, 2.05) is 0 Å². The molecule has 1 aliphatic rings. The van der Waals surface area contributed by atoms with E-state index in [1.165, 1.54) is 7.11 Å². The number of rotatable bonds is 2. The summed E-state index contributed by atoms with van der Waals surface area (Å²) in [5.74, 6) is -0.146. The van der Waals surface area contributed by atoms with Gasteiger partial charge in [-0.05, 0) is 24.5 Å². The Morgan fingerprint density at radius 1 is 1.24 bits per heavy atom. The molecule has 17 heavy (non-hydrogen) atoms. The summed E-state index contributed by atoms with van der Waals surface area (Å²) < 4.78 is 19.1. The van der Waals surface area contributed by atoms with Gasteiger partial charge in [-0.2, -0.15) is 0 Å². The van der Waals surface area contributed by atoms with Gasteiger partial charge in [0.15, 0.2) is 11.6 Å². The van der Waals surface area contributed by atoms with Gasteiger partial charge < -0.3 is 9.84 Å². The lowest BCUT2D eigenvalue weighted by Gasteiger charge is -2.21. The van der Waals surface area contributed by atoms with E-state index in [9.17, 15) is 9.50 Å². The van der Waals surface area contributed by atoms with Gasteiger partial charge in [0.2, 0.25) is 0 Å². The highest BCUT2D eigenvalue weighted by atomic mass is 19.1. The van der Waals surface area contributed by atoms with Crippen LogP contribution in [-0.2, 0) is 0 Å². The second-order valence-corrected chi connectivity index (χ2v) is 4.68. The van der Waals surface area contributed by atoms with Crippen molar-refractivity contribution in [3.05, 3.63) is 29.6 Å². The zero-order valence-corrected chi connectivity index (χ0v) is 10.2. The smallest absolute Gasteiger partial charge is 0.168 e. The first-order valence-corrected chi connectivity index (χ1v) is 6.24. The van der Waals surface area contributed by atoms with Crippen LogP contribution in [-0.4, -0.2) is 18.3 Å². The summed E-state index contributed by atoms with van der Waals surface area (Å²) in [4.78, 5) is 0. The van der Waals surface area contributed by atoms with Crippen molar-refractivity contribution in [1.29, 1.82) is 0 Å². The number of hydrogen-bond donors (Lipinski definition) is 1. The summed E-state index contributed by atoms with van der Waals surface area (Å²) in [5.41, 5.74) is 0.596. The van der Waals surface area contributed by atoms with Crippen molar-refractivity contribution in [3.8, 4) is 5.75 Å². The van der Waals surface area contributed by atoms with E-state index >= 15 is 0 Å². The molecule has 0 aliphatic heterocycles. The Hall–Kier alpha value is -1.09. The monoisotopic (exact) mass is 238 g/mol. The third kappa shape index (κ3) is 2.60. The molecule has 2 nitrogen and oxygen atoms in total. The predicted octanol–water partition coefficient (Wildman–Crippen LogP) is 3.24. The van der Waals surface area contributed by atoms with Crippen molar-refractivity contribution in [2.24, 2.45) is 0 Å². The minimum Gasteiger partial charge on any atom is -0.494 e. The number of aliphatic hydroxyl groups excluding tert-OH is 1. The van der Waals surface area contributed by atoms with Crippen LogP contribution in [0.15, 0.2) is 18.2 Å². The SMILES string of the molecule is COc1cccc(C2CCCCCC2O)c1F. The largest absolute Gasteiger partial charge is 0.494 e. The first-order chi connectivity index (χ1) is 8.24. The Balaban J connectivity index is 2.31. The van der Waals surface area contributed by atoms with E-state index in [1.54, 1.807) is 18.2 Å². The normalized spacial score (nSPS) is 25.4. The number of halogens is 1. The van der Waals surface area contributed by atoms with Crippen LogP contribution in [0.1, 0.15) is 43.6 Å². The van der Waals surface area contributed by atoms with E-state index < -0.39 is 6.10 Å². The third-order valence-corrected chi connectivity index (χ3v) is 3.59. The molecule has 0 aromatic heterocycles. The van der Waals surface area contributed by atoms with E-state index in [2.05, 4.69) is 0 Å². The second-order valence-electron chi connectivity index (χ2n) is 4.68. The molecule has 0 amide bonds. The van der Waals surface area contributed by atoms with Crippen molar-refractivity contribution in [2.75, 3.05) is 7.11 Å². The van der Waals surface area contributed by atoms with Gasteiger partial charge in [0.25, 0.3) is 0 Å². The minimum atomic E-state index is -0.431. The Labute approximate surface area is 101 Å². The number of benzene rings is 1. The zero-order chi connectivity index (χ0) is 12.3. The van der Waals surface area contributed by atoms with Gasteiger partial charge in [0.1, 0.15) is 0 Å². The molecule has 1 aliphatic carbocycles. The van der Waals surface area contributed by atoms with Crippen LogP contribution in [0.3, 0.4) is 0 Å². The molecule has 0 spiro atoms. The molecule has 94 valence electrons. The van der Waals surface area contributed by atoms with Crippen molar-refractivity contribution in [3.63, 3.8) is 0 Å². The highest BCUT2D eigenvalue weighted by Gasteiger charge is 2.26. The number of ether oxygens (including phenoxy) is 1. The van der Waals surface area contributed by atoms with Crippen LogP contribution in [0.25, 0.3) is 0 Å². The molecule has 0 heterocycles. The van der Waals surface area contributed by atoms with Gasteiger partial charge in [0, 0.05) is 5.92 Å². The van der Waals surface area contributed by atoms with Crippen molar-refractivity contribution >= 4 is 0 Å². The Bertz CT molecular complexity index is 378. The summed E-state index contributed by atoms with van der Waals surface area (Å²) in [5, 5.41) is 10.1. The lowest BCUT2D eigenvalue weighted by atomic mass is 9.89. The van der Waals surface area contributed by atoms with Gasteiger partial charge in [-0.15, -0.1) is 0 Å². The molecular weight excluding hydrogens is 219 g/mol. The molecule has 3 heteroatoms. The standard InChI is InChI=1S/C14H19FO2/c1-17-13-9-5-7-11(14(13)15)10-6-3-2-4-8-12(10)16/h5,7,9-10,12,16H,2-4,6,8H2,1H3. The van der Waals surface area contributed by atoms with Crippen LogP contribution < -0.4 is 4.74 Å². The van der Waals surface area contributed by atoms with Gasteiger partial charge in [-0.25, -0.2) is 4.39 Å². The van der Waals surface area contributed by atoms with Gasteiger partial charge in [0.05, 0.1) is 13.2 Å².